The summed E-state index contributed by atoms with van der Waals surface area (Å²) in [5, 5.41) is 6.30. The van der Waals surface area contributed by atoms with E-state index in [1.807, 2.05) is 13.8 Å². The number of anilines is 1. The Balaban J connectivity index is 2.15. The van der Waals surface area contributed by atoms with Crippen molar-refractivity contribution in [1.82, 2.24) is 5.32 Å². The zero-order valence-corrected chi connectivity index (χ0v) is 14.3. The molecule has 0 saturated carbocycles. The molecule has 1 saturated heterocycles. The fourth-order valence-electron chi connectivity index (χ4n) is 2.72. The number of nitrogens with one attached hydrogen (secondary N) is 2. The lowest BCUT2D eigenvalue weighted by molar-refractivity contribution is -0.127. The normalized spacial score (nSPS) is 19.4. The van der Waals surface area contributed by atoms with Crippen LogP contribution in [0.25, 0.3) is 0 Å². The monoisotopic (exact) mass is 356 g/mol. The van der Waals surface area contributed by atoms with Gasteiger partial charge in [-0.15, -0.1) is 0 Å². The first-order valence-corrected chi connectivity index (χ1v) is 8.09. The summed E-state index contributed by atoms with van der Waals surface area (Å²) in [5.74, 6) is -0.0190. The molecule has 1 fully saturated rings. The number of carbonyl (C=O) groups is 1. The molecule has 1 aromatic rings. The van der Waals surface area contributed by atoms with Crippen molar-refractivity contribution in [3.63, 3.8) is 0 Å². The fourth-order valence-corrected chi connectivity index (χ4v) is 3.06. The minimum absolute atomic E-state index is 0.0159. The highest BCUT2D eigenvalue weighted by atomic mass is 79.9. The molecule has 5 heteroatoms. The van der Waals surface area contributed by atoms with E-state index in [1.54, 1.807) is 13.0 Å². The number of hydrogen-bond donors (Lipinski definition) is 2. The number of piperidine rings is 1. The van der Waals surface area contributed by atoms with Gasteiger partial charge in [0.25, 0.3) is 0 Å². The molecule has 1 aliphatic rings. The second kappa shape index (κ2) is 6.44. The first-order valence-electron chi connectivity index (χ1n) is 7.30. The van der Waals surface area contributed by atoms with Crippen molar-refractivity contribution >= 4 is 27.5 Å². The van der Waals surface area contributed by atoms with Gasteiger partial charge in [0.05, 0.1) is 4.47 Å². The highest BCUT2D eigenvalue weighted by molar-refractivity contribution is 9.10. The number of aryl methyl sites for hydroxylation is 1. The molecular weight excluding hydrogens is 335 g/mol. The maximum Gasteiger partial charge on any atom is 0.230 e. The van der Waals surface area contributed by atoms with Crippen LogP contribution in [-0.4, -0.2) is 19.0 Å². The van der Waals surface area contributed by atoms with E-state index >= 15 is 0 Å². The van der Waals surface area contributed by atoms with E-state index < -0.39 is 5.41 Å². The van der Waals surface area contributed by atoms with Crippen LogP contribution >= 0.6 is 15.9 Å². The van der Waals surface area contributed by atoms with Gasteiger partial charge in [-0.05, 0) is 72.4 Å². The van der Waals surface area contributed by atoms with Crippen LogP contribution in [0.15, 0.2) is 16.6 Å². The predicted octanol–water partition coefficient (Wildman–Crippen LogP) is 3.86. The van der Waals surface area contributed by atoms with Crippen LogP contribution in [0.4, 0.5) is 10.1 Å². The number of benzene rings is 1. The molecular formula is C16H22BrFN2O. The molecule has 0 radical (unpaired) electrons. The molecule has 0 spiro atoms. The third-order valence-corrected chi connectivity index (χ3v) is 5.03. The topological polar surface area (TPSA) is 41.1 Å². The van der Waals surface area contributed by atoms with E-state index in [4.69, 9.17) is 0 Å². The predicted molar refractivity (Wildman–Crippen MR) is 86.8 cm³/mol. The Morgan fingerprint density at radius 2 is 2.19 bits per heavy atom. The van der Waals surface area contributed by atoms with E-state index in [1.165, 1.54) is 6.07 Å². The maximum absolute atomic E-state index is 13.5. The number of hydrogen-bond acceptors (Lipinski definition) is 2. The fraction of sp³-hybridized carbons (Fsp3) is 0.562. The van der Waals surface area contributed by atoms with E-state index in [0.29, 0.717) is 16.1 Å². The Hall–Kier alpha value is -0.940. The Kier molecular flexibility index (Phi) is 5.04. The second-order valence-corrected chi connectivity index (χ2v) is 7.15. The van der Waals surface area contributed by atoms with Gasteiger partial charge in [0.2, 0.25) is 5.91 Å². The molecule has 1 atom stereocenters. The summed E-state index contributed by atoms with van der Waals surface area (Å²) in [6.07, 6.45) is 2.15. The SMILES string of the molecule is Cc1cc(F)c(Br)cc1NC(=O)C(C)(C)C1CCCNC1. The molecule has 1 unspecified atom stereocenters. The maximum atomic E-state index is 13.5. The third-order valence-electron chi connectivity index (χ3n) is 4.42. The van der Waals surface area contributed by atoms with Gasteiger partial charge in [-0.2, -0.15) is 0 Å². The van der Waals surface area contributed by atoms with E-state index in [9.17, 15) is 9.18 Å². The van der Waals surface area contributed by atoms with Crippen LogP contribution in [0.3, 0.4) is 0 Å². The van der Waals surface area contributed by atoms with Crippen LogP contribution in [-0.2, 0) is 4.79 Å². The number of rotatable bonds is 3. The Labute approximate surface area is 133 Å². The summed E-state index contributed by atoms with van der Waals surface area (Å²) >= 11 is 3.16. The summed E-state index contributed by atoms with van der Waals surface area (Å²) < 4.78 is 13.8. The second-order valence-electron chi connectivity index (χ2n) is 6.30. The highest BCUT2D eigenvalue weighted by Gasteiger charge is 2.37. The first-order chi connectivity index (χ1) is 9.82. The molecule has 1 aliphatic heterocycles. The van der Waals surface area contributed by atoms with Crippen molar-refractivity contribution in [2.45, 2.75) is 33.6 Å². The molecule has 21 heavy (non-hydrogen) atoms. The molecule has 1 heterocycles. The van der Waals surface area contributed by atoms with Crippen LogP contribution in [0.1, 0.15) is 32.3 Å². The molecule has 116 valence electrons. The molecule has 1 aromatic carbocycles. The largest absolute Gasteiger partial charge is 0.325 e. The Morgan fingerprint density at radius 1 is 1.48 bits per heavy atom. The average Bonchev–Trinajstić information content (AvgIpc) is 2.45. The quantitative estimate of drug-likeness (QED) is 0.863. The van der Waals surface area contributed by atoms with Crippen LogP contribution < -0.4 is 10.6 Å². The summed E-state index contributed by atoms with van der Waals surface area (Å²) in [6, 6.07) is 3.05. The molecule has 0 aliphatic carbocycles. The van der Waals surface area contributed by atoms with Gasteiger partial charge in [0, 0.05) is 11.1 Å². The van der Waals surface area contributed by atoms with Crippen molar-refractivity contribution in [3.8, 4) is 0 Å². The molecule has 2 rings (SSSR count). The van der Waals surface area contributed by atoms with Crippen LogP contribution in [0, 0.1) is 24.1 Å². The molecule has 1 amide bonds. The van der Waals surface area contributed by atoms with Gasteiger partial charge < -0.3 is 10.6 Å². The first kappa shape index (κ1) is 16.4. The van der Waals surface area contributed by atoms with Gasteiger partial charge in [-0.1, -0.05) is 13.8 Å². The smallest absolute Gasteiger partial charge is 0.230 e. The Morgan fingerprint density at radius 3 is 2.81 bits per heavy atom. The lowest BCUT2D eigenvalue weighted by atomic mass is 9.74. The van der Waals surface area contributed by atoms with Crippen molar-refractivity contribution in [1.29, 1.82) is 0 Å². The van der Waals surface area contributed by atoms with Gasteiger partial charge in [-0.3, -0.25) is 4.79 Å². The van der Waals surface area contributed by atoms with Gasteiger partial charge in [0.15, 0.2) is 0 Å². The number of halogens is 2. The summed E-state index contributed by atoms with van der Waals surface area (Å²) in [5.41, 5.74) is 0.924. The van der Waals surface area contributed by atoms with Crippen molar-refractivity contribution in [2.24, 2.45) is 11.3 Å². The van der Waals surface area contributed by atoms with E-state index in [2.05, 4.69) is 26.6 Å². The van der Waals surface area contributed by atoms with Gasteiger partial charge in [-0.25, -0.2) is 4.39 Å². The van der Waals surface area contributed by atoms with Crippen molar-refractivity contribution < 1.29 is 9.18 Å². The van der Waals surface area contributed by atoms with Crippen molar-refractivity contribution in [2.75, 3.05) is 18.4 Å². The van der Waals surface area contributed by atoms with Crippen LogP contribution in [0.5, 0.6) is 0 Å². The third kappa shape index (κ3) is 3.64. The zero-order valence-electron chi connectivity index (χ0n) is 12.7. The molecule has 2 N–H and O–H groups in total. The lowest BCUT2D eigenvalue weighted by Crippen LogP contribution is -2.44. The molecule has 3 nitrogen and oxygen atoms in total. The molecule has 0 bridgehead atoms. The standard InChI is InChI=1S/C16H22BrFN2O/c1-10-7-13(18)12(17)8-14(10)20-15(21)16(2,3)11-5-4-6-19-9-11/h7-8,11,19H,4-6,9H2,1-3H3,(H,20,21). The average molecular weight is 357 g/mol. The number of amides is 1. The zero-order chi connectivity index (χ0) is 15.6. The van der Waals surface area contributed by atoms with E-state index in [-0.39, 0.29) is 11.7 Å². The highest BCUT2D eigenvalue weighted by Crippen LogP contribution is 2.34. The van der Waals surface area contributed by atoms with Gasteiger partial charge in [0.1, 0.15) is 5.82 Å². The van der Waals surface area contributed by atoms with Gasteiger partial charge >= 0.3 is 0 Å². The molecule has 0 aromatic heterocycles. The lowest BCUT2D eigenvalue weighted by Gasteiger charge is -2.36. The van der Waals surface area contributed by atoms with Crippen molar-refractivity contribution in [3.05, 3.63) is 28.0 Å². The summed E-state index contributed by atoms with van der Waals surface area (Å²) in [6.45, 7) is 7.65. The van der Waals surface area contributed by atoms with E-state index in [0.717, 1.165) is 31.5 Å². The minimum Gasteiger partial charge on any atom is -0.325 e. The summed E-state index contributed by atoms with van der Waals surface area (Å²) in [7, 11) is 0. The summed E-state index contributed by atoms with van der Waals surface area (Å²) in [4.78, 5) is 12.6. The Bertz CT molecular complexity index is 539. The van der Waals surface area contributed by atoms with Crippen LogP contribution in [0.2, 0.25) is 0 Å². The minimum atomic E-state index is -0.458. The number of carbonyl (C=O) groups excluding carboxylic acids is 1.